The highest BCUT2D eigenvalue weighted by Crippen LogP contribution is 2.33. The maximum atomic E-state index is 12.1. The number of nitro groups is 1. The summed E-state index contributed by atoms with van der Waals surface area (Å²) in [5.41, 5.74) is -1.85. The number of carbonyl (C=O) groups is 1. The van der Waals surface area contributed by atoms with Crippen LogP contribution in [0.15, 0.2) is 21.7 Å². The van der Waals surface area contributed by atoms with Gasteiger partial charge in [0.15, 0.2) is 0 Å². The number of carboxylic acid groups (broad SMARTS) is 1. The quantitative estimate of drug-likeness (QED) is 0.412. The molecule has 0 radical (unpaired) electrons. The van der Waals surface area contributed by atoms with Crippen LogP contribution in [0.2, 0.25) is 0 Å². The summed E-state index contributed by atoms with van der Waals surface area (Å²) in [6.45, 7) is 0.134. The standard InChI is InChI=1S/C12H10N4O6/c17-8(18)3-5-4-13-6-1-2-7(16(21)22)9-10(6)15(5)12(20)11(19)14-9/h1-2,5,13H,3-4H2,(H,14,19)(H,17,18). The highest BCUT2D eigenvalue weighted by Gasteiger charge is 2.28. The fraction of sp³-hybridized carbons (Fsp3) is 0.250. The van der Waals surface area contributed by atoms with Gasteiger partial charge in [-0.2, -0.15) is 0 Å². The Bertz CT molecular complexity index is 928. The first-order valence-corrected chi connectivity index (χ1v) is 6.31. The van der Waals surface area contributed by atoms with E-state index in [1.54, 1.807) is 0 Å². The number of nitrogens with one attached hydrogen (secondary N) is 2. The van der Waals surface area contributed by atoms with E-state index in [0.717, 1.165) is 4.57 Å². The van der Waals surface area contributed by atoms with Gasteiger partial charge in [0.25, 0.3) is 5.69 Å². The van der Waals surface area contributed by atoms with Gasteiger partial charge in [-0.3, -0.25) is 29.1 Å². The van der Waals surface area contributed by atoms with Crippen LogP contribution in [0, 0.1) is 10.1 Å². The van der Waals surface area contributed by atoms with Crippen molar-refractivity contribution in [2.75, 3.05) is 11.9 Å². The van der Waals surface area contributed by atoms with Gasteiger partial charge in [0.1, 0.15) is 5.52 Å². The summed E-state index contributed by atoms with van der Waals surface area (Å²) in [6.07, 6.45) is -0.381. The summed E-state index contributed by atoms with van der Waals surface area (Å²) in [7, 11) is 0. The average molecular weight is 306 g/mol. The Morgan fingerprint density at radius 3 is 2.82 bits per heavy atom. The SMILES string of the molecule is O=C(O)CC1CNc2ccc([N+](=O)[O-])c3[nH]c(=O)c(=O)n1c23. The van der Waals surface area contributed by atoms with Crippen molar-refractivity contribution in [1.29, 1.82) is 0 Å². The van der Waals surface area contributed by atoms with E-state index in [1.165, 1.54) is 12.1 Å². The molecule has 10 nitrogen and oxygen atoms in total. The summed E-state index contributed by atoms with van der Waals surface area (Å²) in [6, 6.07) is 1.84. The largest absolute Gasteiger partial charge is 0.481 e. The third kappa shape index (κ3) is 1.92. The van der Waals surface area contributed by atoms with E-state index in [0.29, 0.717) is 5.69 Å². The lowest BCUT2D eigenvalue weighted by molar-refractivity contribution is -0.383. The molecule has 3 rings (SSSR count). The molecule has 0 saturated heterocycles. The molecule has 1 aromatic heterocycles. The second-order valence-electron chi connectivity index (χ2n) is 4.87. The molecular formula is C12H10N4O6. The maximum Gasteiger partial charge on any atom is 0.317 e. The molecule has 2 heterocycles. The smallest absolute Gasteiger partial charge is 0.317 e. The van der Waals surface area contributed by atoms with E-state index < -0.39 is 28.1 Å². The topological polar surface area (TPSA) is 147 Å². The highest BCUT2D eigenvalue weighted by molar-refractivity contribution is 5.95. The van der Waals surface area contributed by atoms with Gasteiger partial charge in [-0.05, 0) is 6.07 Å². The van der Waals surface area contributed by atoms with Gasteiger partial charge >= 0.3 is 17.1 Å². The van der Waals surface area contributed by atoms with Crippen molar-refractivity contribution >= 4 is 28.4 Å². The molecule has 22 heavy (non-hydrogen) atoms. The van der Waals surface area contributed by atoms with Crippen molar-refractivity contribution in [3.8, 4) is 0 Å². The van der Waals surface area contributed by atoms with Crippen molar-refractivity contribution < 1.29 is 14.8 Å². The number of aliphatic carboxylic acids is 1. The number of non-ortho nitro benzene ring substituents is 1. The molecule has 10 heteroatoms. The lowest BCUT2D eigenvalue weighted by Gasteiger charge is -2.27. The van der Waals surface area contributed by atoms with Crippen LogP contribution >= 0.6 is 0 Å². The summed E-state index contributed by atoms with van der Waals surface area (Å²) in [4.78, 5) is 47.4. The molecule has 1 atom stereocenters. The monoisotopic (exact) mass is 306 g/mol. The minimum Gasteiger partial charge on any atom is -0.481 e. The molecule has 0 saturated carbocycles. The van der Waals surface area contributed by atoms with Gasteiger partial charge in [0.2, 0.25) is 0 Å². The Morgan fingerprint density at radius 1 is 1.45 bits per heavy atom. The van der Waals surface area contributed by atoms with E-state index in [2.05, 4.69) is 10.3 Å². The molecule has 0 aliphatic carbocycles. The van der Waals surface area contributed by atoms with Crippen LogP contribution in [0.1, 0.15) is 12.5 Å². The first-order chi connectivity index (χ1) is 10.4. The van der Waals surface area contributed by atoms with E-state index in [-0.39, 0.29) is 29.7 Å². The minimum atomic E-state index is -1.14. The van der Waals surface area contributed by atoms with Crippen LogP contribution < -0.4 is 16.4 Å². The first kappa shape index (κ1) is 13.8. The number of rotatable bonds is 3. The van der Waals surface area contributed by atoms with E-state index in [4.69, 9.17) is 5.11 Å². The van der Waals surface area contributed by atoms with Crippen LogP contribution in [0.3, 0.4) is 0 Å². The molecular weight excluding hydrogens is 296 g/mol. The van der Waals surface area contributed by atoms with Crippen molar-refractivity contribution in [3.63, 3.8) is 0 Å². The van der Waals surface area contributed by atoms with Gasteiger partial charge in [0, 0.05) is 12.6 Å². The Morgan fingerprint density at radius 2 is 2.18 bits per heavy atom. The molecule has 1 aliphatic rings. The second-order valence-corrected chi connectivity index (χ2v) is 4.87. The number of hydrogen-bond acceptors (Lipinski definition) is 6. The predicted octanol–water partition coefficient (Wildman–Crippen LogP) is 0.0393. The van der Waals surface area contributed by atoms with Crippen molar-refractivity contribution in [3.05, 3.63) is 43.0 Å². The van der Waals surface area contributed by atoms with Gasteiger partial charge < -0.3 is 15.4 Å². The zero-order chi connectivity index (χ0) is 16.0. The van der Waals surface area contributed by atoms with Gasteiger partial charge in [-0.15, -0.1) is 0 Å². The number of nitrogens with zero attached hydrogens (tertiary/aromatic N) is 2. The number of anilines is 1. The number of H-pyrrole nitrogens is 1. The zero-order valence-corrected chi connectivity index (χ0v) is 11.0. The average Bonchev–Trinajstić information content (AvgIpc) is 2.44. The summed E-state index contributed by atoms with van der Waals surface area (Å²) in [5, 5.41) is 22.9. The normalized spacial score (nSPS) is 16.3. The number of aromatic amines is 1. The molecule has 114 valence electrons. The number of benzene rings is 1. The summed E-state index contributed by atoms with van der Waals surface area (Å²) in [5.74, 6) is -1.14. The highest BCUT2D eigenvalue weighted by atomic mass is 16.6. The van der Waals surface area contributed by atoms with E-state index >= 15 is 0 Å². The first-order valence-electron chi connectivity index (χ1n) is 6.31. The maximum absolute atomic E-state index is 12.1. The Balaban J connectivity index is 2.44. The van der Waals surface area contributed by atoms with Crippen LogP contribution in [-0.4, -0.2) is 32.1 Å². The van der Waals surface area contributed by atoms with E-state index in [9.17, 15) is 24.5 Å². The molecule has 1 aliphatic heterocycles. The lowest BCUT2D eigenvalue weighted by atomic mass is 10.1. The number of aromatic nitrogens is 2. The van der Waals surface area contributed by atoms with Crippen molar-refractivity contribution in [1.82, 2.24) is 9.55 Å². The molecule has 3 N–H and O–H groups in total. The molecule has 0 amide bonds. The van der Waals surface area contributed by atoms with Gasteiger partial charge in [0.05, 0.1) is 28.6 Å². The van der Waals surface area contributed by atoms with Crippen molar-refractivity contribution in [2.45, 2.75) is 12.5 Å². The number of carboxylic acids is 1. The molecule has 2 aromatic rings. The van der Waals surface area contributed by atoms with Crippen LogP contribution in [0.25, 0.3) is 11.0 Å². The molecule has 0 fully saturated rings. The third-order valence-electron chi connectivity index (χ3n) is 3.55. The Kier molecular flexibility index (Phi) is 2.94. The summed E-state index contributed by atoms with van der Waals surface area (Å²) < 4.78 is 1.03. The number of nitro benzene ring substituents is 1. The van der Waals surface area contributed by atoms with Gasteiger partial charge in [-0.25, -0.2) is 0 Å². The molecule has 1 aromatic carbocycles. The van der Waals surface area contributed by atoms with E-state index in [1.807, 2.05) is 0 Å². The zero-order valence-electron chi connectivity index (χ0n) is 11.0. The summed E-state index contributed by atoms with van der Waals surface area (Å²) >= 11 is 0. The predicted molar refractivity (Wildman–Crippen MR) is 75.3 cm³/mol. The minimum absolute atomic E-state index is 0.102. The Labute approximate surface area is 121 Å². The van der Waals surface area contributed by atoms with Crippen LogP contribution in [0.4, 0.5) is 11.4 Å². The number of hydrogen-bond donors (Lipinski definition) is 3. The fourth-order valence-corrected chi connectivity index (χ4v) is 2.66. The van der Waals surface area contributed by atoms with Crippen LogP contribution in [0.5, 0.6) is 0 Å². The third-order valence-corrected chi connectivity index (χ3v) is 3.55. The lowest BCUT2D eigenvalue weighted by Crippen LogP contribution is -2.42. The molecule has 1 unspecified atom stereocenters. The molecule has 0 bridgehead atoms. The fourth-order valence-electron chi connectivity index (χ4n) is 2.66. The van der Waals surface area contributed by atoms with Crippen molar-refractivity contribution in [2.24, 2.45) is 0 Å². The van der Waals surface area contributed by atoms with Crippen LogP contribution in [-0.2, 0) is 4.79 Å². The Hall–Kier alpha value is -3.17. The second kappa shape index (κ2) is 4.69. The molecule has 0 spiro atoms. The van der Waals surface area contributed by atoms with Gasteiger partial charge in [-0.1, -0.05) is 0 Å².